The summed E-state index contributed by atoms with van der Waals surface area (Å²) in [5.74, 6) is 0.626. The molecule has 18 heavy (non-hydrogen) atoms. The lowest BCUT2D eigenvalue weighted by atomic mass is 9.83. The molecule has 1 aliphatic heterocycles. The van der Waals surface area contributed by atoms with Crippen molar-refractivity contribution in [3.63, 3.8) is 0 Å². The monoisotopic (exact) mass is 237 g/mol. The average Bonchev–Trinajstić information content (AvgIpc) is 2.40. The largest absolute Gasteiger partial charge is 0.378 e. The third-order valence-corrected chi connectivity index (χ3v) is 3.98. The average molecular weight is 237 g/mol. The fraction of sp³-hybridized carbons (Fsp3) is 0.294. The maximum atomic E-state index is 3.70. The molecule has 1 aliphatic rings. The minimum Gasteiger partial charge on any atom is -0.378 e. The van der Waals surface area contributed by atoms with Crippen LogP contribution in [0.5, 0.6) is 0 Å². The Morgan fingerprint density at radius 2 is 1.78 bits per heavy atom. The molecular weight excluding hydrogens is 218 g/mol. The van der Waals surface area contributed by atoms with Gasteiger partial charge < -0.3 is 5.32 Å². The van der Waals surface area contributed by atoms with Gasteiger partial charge in [0.05, 0.1) is 6.04 Å². The van der Waals surface area contributed by atoms with E-state index in [1.165, 1.54) is 22.4 Å². The Labute approximate surface area is 109 Å². The van der Waals surface area contributed by atoms with Crippen LogP contribution in [0, 0.1) is 12.8 Å². The summed E-state index contributed by atoms with van der Waals surface area (Å²) in [6, 6.07) is 17.7. The summed E-state index contributed by atoms with van der Waals surface area (Å²) in [4.78, 5) is 0. The zero-order valence-electron chi connectivity index (χ0n) is 11.0. The molecule has 2 aromatic carbocycles. The number of hydrogen-bond acceptors (Lipinski definition) is 1. The van der Waals surface area contributed by atoms with Crippen LogP contribution in [-0.2, 0) is 6.42 Å². The van der Waals surface area contributed by atoms with Gasteiger partial charge in [-0.05, 0) is 42.0 Å². The van der Waals surface area contributed by atoms with Crippen LogP contribution < -0.4 is 5.32 Å². The first-order chi connectivity index (χ1) is 8.75. The third kappa shape index (κ3) is 1.90. The van der Waals surface area contributed by atoms with Crippen molar-refractivity contribution in [1.29, 1.82) is 0 Å². The summed E-state index contributed by atoms with van der Waals surface area (Å²) in [7, 11) is 0. The number of anilines is 1. The minimum absolute atomic E-state index is 0.431. The lowest BCUT2D eigenvalue weighted by Crippen LogP contribution is -2.26. The van der Waals surface area contributed by atoms with Gasteiger partial charge in [0.25, 0.3) is 0 Å². The molecule has 0 saturated heterocycles. The molecule has 2 atom stereocenters. The molecule has 1 nitrogen and oxygen atoms in total. The lowest BCUT2D eigenvalue weighted by molar-refractivity contribution is 0.478. The molecular formula is C17H19N. The topological polar surface area (TPSA) is 12.0 Å². The van der Waals surface area contributed by atoms with Crippen LogP contribution in [0.4, 0.5) is 5.69 Å². The van der Waals surface area contributed by atoms with Crippen molar-refractivity contribution in [2.75, 3.05) is 5.32 Å². The zero-order valence-corrected chi connectivity index (χ0v) is 11.0. The molecule has 2 unspecified atom stereocenters. The number of nitrogens with one attached hydrogen (secondary N) is 1. The first-order valence-electron chi connectivity index (χ1n) is 6.65. The Morgan fingerprint density at radius 1 is 1.00 bits per heavy atom. The molecule has 0 aromatic heterocycles. The fourth-order valence-electron chi connectivity index (χ4n) is 2.93. The second-order valence-electron chi connectivity index (χ2n) is 5.32. The van der Waals surface area contributed by atoms with Crippen LogP contribution in [0.1, 0.15) is 29.7 Å². The Hall–Kier alpha value is -1.76. The first kappa shape index (κ1) is 11.3. The maximum absolute atomic E-state index is 3.70. The highest BCUT2D eigenvalue weighted by Gasteiger charge is 2.26. The van der Waals surface area contributed by atoms with Crippen LogP contribution in [-0.4, -0.2) is 0 Å². The predicted molar refractivity (Wildman–Crippen MR) is 76.9 cm³/mol. The molecule has 3 rings (SSSR count). The number of fused-ring (bicyclic) bond motifs is 1. The third-order valence-electron chi connectivity index (χ3n) is 3.98. The van der Waals surface area contributed by atoms with E-state index in [0.717, 1.165) is 6.42 Å². The SMILES string of the molecule is Cc1cccc2c1CC(C)C(c1ccccc1)N2. The van der Waals surface area contributed by atoms with Crippen molar-refractivity contribution < 1.29 is 0 Å². The van der Waals surface area contributed by atoms with Gasteiger partial charge >= 0.3 is 0 Å². The number of rotatable bonds is 1. The molecule has 0 spiro atoms. The summed E-state index contributed by atoms with van der Waals surface area (Å²) in [6.45, 7) is 4.54. The van der Waals surface area contributed by atoms with Gasteiger partial charge in [0.1, 0.15) is 0 Å². The number of benzene rings is 2. The van der Waals surface area contributed by atoms with Crippen LogP contribution in [0.2, 0.25) is 0 Å². The molecule has 0 radical (unpaired) electrons. The van der Waals surface area contributed by atoms with Gasteiger partial charge in [-0.2, -0.15) is 0 Å². The van der Waals surface area contributed by atoms with E-state index in [4.69, 9.17) is 0 Å². The Bertz CT molecular complexity index is 545. The van der Waals surface area contributed by atoms with E-state index in [-0.39, 0.29) is 0 Å². The van der Waals surface area contributed by atoms with Crippen LogP contribution in [0.15, 0.2) is 48.5 Å². The smallest absolute Gasteiger partial charge is 0.0542 e. The van der Waals surface area contributed by atoms with Gasteiger partial charge in [-0.15, -0.1) is 0 Å². The van der Waals surface area contributed by atoms with Gasteiger partial charge in [-0.3, -0.25) is 0 Å². The van der Waals surface area contributed by atoms with E-state index in [1.54, 1.807) is 0 Å². The molecule has 2 aromatic rings. The zero-order chi connectivity index (χ0) is 12.5. The van der Waals surface area contributed by atoms with Crippen molar-refractivity contribution in [3.8, 4) is 0 Å². The van der Waals surface area contributed by atoms with Gasteiger partial charge in [0.2, 0.25) is 0 Å². The molecule has 0 aliphatic carbocycles. The van der Waals surface area contributed by atoms with E-state index in [1.807, 2.05) is 0 Å². The summed E-state index contributed by atoms with van der Waals surface area (Å²) in [5.41, 5.74) is 5.58. The van der Waals surface area contributed by atoms with Crippen LogP contribution in [0.25, 0.3) is 0 Å². The Morgan fingerprint density at radius 3 is 2.56 bits per heavy atom. The summed E-state index contributed by atoms with van der Waals surface area (Å²) < 4.78 is 0. The second-order valence-corrected chi connectivity index (χ2v) is 5.32. The number of hydrogen-bond donors (Lipinski definition) is 1. The van der Waals surface area contributed by atoms with Crippen molar-refractivity contribution in [2.24, 2.45) is 5.92 Å². The second kappa shape index (κ2) is 4.49. The predicted octanol–water partition coefficient (Wildman–Crippen LogP) is 4.34. The fourth-order valence-corrected chi connectivity index (χ4v) is 2.93. The van der Waals surface area contributed by atoms with Crippen molar-refractivity contribution >= 4 is 5.69 Å². The summed E-state index contributed by atoms with van der Waals surface area (Å²) >= 11 is 0. The van der Waals surface area contributed by atoms with Crippen LogP contribution >= 0.6 is 0 Å². The van der Waals surface area contributed by atoms with Gasteiger partial charge in [0.15, 0.2) is 0 Å². The van der Waals surface area contributed by atoms with Gasteiger partial charge in [-0.1, -0.05) is 49.4 Å². The van der Waals surface area contributed by atoms with Gasteiger partial charge in [0, 0.05) is 5.69 Å². The lowest BCUT2D eigenvalue weighted by Gasteiger charge is -2.34. The highest BCUT2D eigenvalue weighted by molar-refractivity contribution is 5.58. The molecule has 1 heterocycles. The Kier molecular flexibility index (Phi) is 2.83. The molecule has 0 amide bonds. The quantitative estimate of drug-likeness (QED) is 0.778. The highest BCUT2D eigenvalue weighted by Crippen LogP contribution is 2.37. The first-order valence-corrected chi connectivity index (χ1v) is 6.65. The van der Waals surface area contributed by atoms with Crippen molar-refractivity contribution in [3.05, 3.63) is 65.2 Å². The maximum Gasteiger partial charge on any atom is 0.0542 e. The normalized spacial score (nSPS) is 22.1. The van der Waals surface area contributed by atoms with E-state index in [9.17, 15) is 0 Å². The molecule has 0 bridgehead atoms. The Balaban J connectivity index is 1.98. The van der Waals surface area contributed by atoms with E-state index < -0.39 is 0 Å². The van der Waals surface area contributed by atoms with Crippen LogP contribution in [0.3, 0.4) is 0 Å². The summed E-state index contributed by atoms with van der Waals surface area (Å²) in [6.07, 6.45) is 1.16. The van der Waals surface area contributed by atoms with E-state index >= 15 is 0 Å². The molecule has 0 fully saturated rings. The van der Waals surface area contributed by atoms with E-state index in [2.05, 4.69) is 67.7 Å². The summed E-state index contributed by atoms with van der Waals surface area (Å²) in [5, 5.41) is 3.70. The molecule has 1 heteroatoms. The number of aryl methyl sites for hydroxylation is 1. The van der Waals surface area contributed by atoms with Gasteiger partial charge in [-0.25, -0.2) is 0 Å². The molecule has 0 saturated carbocycles. The molecule has 92 valence electrons. The van der Waals surface area contributed by atoms with E-state index in [0.29, 0.717) is 12.0 Å². The highest BCUT2D eigenvalue weighted by atomic mass is 14.9. The molecule has 1 N–H and O–H groups in total. The van der Waals surface area contributed by atoms with Crippen molar-refractivity contribution in [2.45, 2.75) is 26.3 Å². The minimum atomic E-state index is 0.431. The van der Waals surface area contributed by atoms with Crippen molar-refractivity contribution in [1.82, 2.24) is 0 Å². The standard InChI is InChI=1S/C17H19N/c1-12-7-6-10-16-15(12)11-13(2)17(18-16)14-8-4-3-5-9-14/h3-10,13,17-18H,11H2,1-2H3.